The van der Waals surface area contributed by atoms with E-state index >= 15 is 0 Å². The highest BCUT2D eigenvalue weighted by Gasteiger charge is 2.55. The number of halogens is 1. The third kappa shape index (κ3) is 2.48. The first-order valence-corrected chi connectivity index (χ1v) is 10.6. The molecule has 30 heavy (non-hydrogen) atoms. The van der Waals surface area contributed by atoms with E-state index in [-0.39, 0.29) is 46.0 Å². The number of aromatic hydroxyl groups is 1. The van der Waals surface area contributed by atoms with E-state index in [1.54, 1.807) is 24.3 Å². The molecule has 4 aliphatic rings. The van der Waals surface area contributed by atoms with Gasteiger partial charge in [-0.1, -0.05) is 29.8 Å². The number of amides is 2. The van der Waals surface area contributed by atoms with Crippen molar-refractivity contribution in [2.45, 2.75) is 18.8 Å². The molecule has 0 saturated carbocycles. The minimum absolute atomic E-state index is 0.0258. The van der Waals surface area contributed by atoms with E-state index in [1.807, 2.05) is 6.08 Å². The van der Waals surface area contributed by atoms with Gasteiger partial charge < -0.3 is 5.11 Å². The highest BCUT2D eigenvalue weighted by molar-refractivity contribution is 9.12. The topological polar surface area (TPSA) is 91.8 Å². The number of fused-ring (bicyclic) bond motifs is 3. The van der Waals surface area contributed by atoms with Gasteiger partial charge in [0.25, 0.3) is 0 Å². The maximum Gasteiger partial charge on any atom is 0.233 e. The summed E-state index contributed by atoms with van der Waals surface area (Å²) in [6, 6.07) is 6.74. The third-order valence-electron chi connectivity index (χ3n) is 6.80. The second-order valence-electron chi connectivity index (χ2n) is 8.19. The molecule has 1 fully saturated rings. The lowest BCUT2D eigenvalue weighted by atomic mass is 9.59. The molecule has 1 aromatic rings. The molecule has 1 heterocycles. The Bertz CT molecular complexity index is 1140. The number of imide groups is 1. The highest BCUT2D eigenvalue weighted by atomic mass is 79.9. The number of likely N-dealkylation sites (tertiary alicyclic amines) is 1. The van der Waals surface area contributed by atoms with E-state index < -0.39 is 17.8 Å². The van der Waals surface area contributed by atoms with Gasteiger partial charge in [0.2, 0.25) is 11.8 Å². The summed E-state index contributed by atoms with van der Waals surface area (Å²) in [5, 5.41) is 10.6. The van der Waals surface area contributed by atoms with Crippen molar-refractivity contribution in [2.24, 2.45) is 17.8 Å². The molecule has 1 saturated heterocycles. The Balaban J connectivity index is 1.73. The summed E-state index contributed by atoms with van der Waals surface area (Å²) < 4.78 is 0.188. The number of phenolic OH excluding ortho intramolecular Hbond substituents is 1. The summed E-state index contributed by atoms with van der Waals surface area (Å²) in [4.78, 5) is 52.6. The third-order valence-corrected chi connectivity index (χ3v) is 7.39. The van der Waals surface area contributed by atoms with Crippen LogP contribution in [0.15, 0.2) is 57.6 Å². The standard InChI is InChI=1S/C23H18BrNO5/c1-25-22(29)12-7-6-10-13(19(12)23(25)30)8-14-20(17(27)9-15(24)21(14)28)18(10)11-4-2-3-5-16(11)26/h2-6,9,12-13,18-19,26H,7-8H2,1H3. The van der Waals surface area contributed by atoms with Crippen molar-refractivity contribution in [3.63, 3.8) is 0 Å². The molecule has 1 N–H and O–H groups in total. The predicted octanol–water partition coefficient (Wildman–Crippen LogP) is 2.78. The van der Waals surface area contributed by atoms with Crippen LogP contribution in [0, 0.1) is 17.8 Å². The Morgan fingerprint density at radius 1 is 1.07 bits per heavy atom. The summed E-state index contributed by atoms with van der Waals surface area (Å²) in [6.07, 6.45) is 3.84. The van der Waals surface area contributed by atoms with Crippen LogP contribution in [0.4, 0.5) is 0 Å². The number of allylic oxidation sites excluding steroid dienone is 6. The predicted molar refractivity (Wildman–Crippen MR) is 110 cm³/mol. The molecule has 0 bridgehead atoms. The Labute approximate surface area is 181 Å². The number of nitrogens with zero attached hydrogens (tertiary/aromatic N) is 1. The molecule has 3 aliphatic carbocycles. The summed E-state index contributed by atoms with van der Waals surface area (Å²) in [5.74, 6) is -2.98. The highest BCUT2D eigenvalue weighted by Crippen LogP contribution is 2.55. The van der Waals surface area contributed by atoms with Crippen molar-refractivity contribution in [1.82, 2.24) is 4.90 Å². The molecule has 152 valence electrons. The molecule has 1 aliphatic heterocycles. The lowest BCUT2D eigenvalue weighted by molar-refractivity contribution is -0.138. The smallest absolute Gasteiger partial charge is 0.233 e. The van der Waals surface area contributed by atoms with Gasteiger partial charge in [-0.15, -0.1) is 0 Å². The Hall–Kier alpha value is -2.80. The zero-order valence-corrected chi connectivity index (χ0v) is 17.7. The second-order valence-corrected chi connectivity index (χ2v) is 9.04. The van der Waals surface area contributed by atoms with Crippen LogP contribution in [0.5, 0.6) is 5.75 Å². The number of para-hydroxylation sites is 1. The summed E-state index contributed by atoms with van der Waals surface area (Å²) in [5.41, 5.74) is 2.08. The summed E-state index contributed by atoms with van der Waals surface area (Å²) in [6.45, 7) is 0. The fourth-order valence-electron chi connectivity index (χ4n) is 5.45. The quantitative estimate of drug-likeness (QED) is 0.389. The number of phenols is 1. The van der Waals surface area contributed by atoms with Crippen LogP contribution >= 0.6 is 15.9 Å². The number of benzene rings is 1. The van der Waals surface area contributed by atoms with E-state index in [9.17, 15) is 24.3 Å². The number of ketones is 2. The van der Waals surface area contributed by atoms with Crippen molar-refractivity contribution < 1.29 is 24.3 Å². The van der Waals surface area contributed by atoms with E-state index in [0.29, 0.717) is 23.1 Å². The van der Waals surface area contributed by atoms with Crippen LogP contribution in [-0.4, -0.2) is 40.4 Å². The fourth-order valence-corrected chi connectivity index (χ4v) is 5.90. The first kappa shape index (κ1) is 19.2. The molecule has 6 nitrogen and oxygen atoms in total. The number of Topliss-reactive ketones (excluding diaryl/α,β-unsaturated/α-hetero) is 1. The molecule has 0 radical (unpaired) electrons. The van der Waals surface area contributed by atoms with Gasteiger partial charge in [0, 0.05) is 35.8 Å². The van der Waals surface area contributed by atoms with E-state index in [4.69, 9.17) is 0 Å². The van der Waals surface area contributed by atoms with Crippen LogP contribution in [0.25, 0.3) is 0 Å². The van der Waals surface area contributed by atoms with Crippen LogP contribution < -0.4 is 0 Å². The zero-order valence-electron chi connectivity index (χ0n) is 16.1. The maximum atomic E-state index is 13.0. The Morgan fingerprint density at radius 2 is 1.80 bits per heavy atom. The monoisotopic (exact) mass is 467 g/mol. The first-order chi connectivity index (χ1) is 14.3. The van der Waals surface area contributed by atoms with Gasteiger partial charge in [0.15, 0.2) is 11.6 Å². The zero-order chi connectivity index (χ0) is 21.3. The van der Waals surface area contributed by atoms with E-state index in [0.717, 1.165) is 5.57 Å². The first-order valence-electron chi connectivity index (χ1n) is 9.79. The van der Waals surface area contributed by atoms with Gasteiger partial charge in [-0.2, -0.15) is 0 Å². The van der Waals surface area contributed by atoms with Gasteiger partial charge in [0.05, 0.1) is 16.3 Å². The van der Waals surface area contributed by atoms with E-state index in [1.165, 1.54) is 18.0 Å². The van der Waals surface area contributed by atoms with Gasteiger partial charge in [-0.05, 0) is 40.8 Å². The molecule has 0 spiro atoms. The van der Waals surface area contributed by atoms with Crippen molar-refractivity contribution in [3.05, 3.63) is 63.2 Å². The molecule has 0 aromatic heterocycles. The lowest BCUT2D eigenvalue weighted by Crippen LogP contribution is -2.39. The molecule has 2 amide bonds. The molecule has 1 aromatic carbocycles. The van der Waals surface area contributed by atoms with Gasteiger partial charge in [-0.3, -0.25) is 24.1 Å². The number of hydrogen-bond donors (Lipinski definition) is 1. The van der Waals surface area contributed by atoms with Crippen LogP contribution in [0.3, 0.4) is 0 Å². The summed E-state index contributed by atoms with van der Waals surface area (Å²) in [7, 11) is 1.49. The Kier molecular flexibility index (Phi) is 4.22. The van der Waals surface area contributed by atoms with Crippen molar-refractivity contribution in [3.8, 4) is 5.75 Å². The molecule has 4 unspecified atom stereocenters. The largest absolute Gasteiger partial charge is 0.508 e. The fraction of sp³-hybridized carbons (Fsp3) is 0.304. The molecular formula is C23H18BrNO5. The number of carbonyl (C=O) groups excluding carboxylic acids is 4. The van der Waals surface area contributed by atoms with Crippen molar-refractivity contribution in [2.75, 3.05) is 7.05 Å². The normalized spacial score (nSPS) is 30.7. The van der Waals surface area contributed by atoms with Crippen molar-refractivity contribution in [1.29, 1.82) is 0 Å². The van der Waals surface area contributed by atoms with Crippen LogP contribution in [-0.2, 0) is 19.2 Å². The van der Waals surface area contributed by atoms with Crippen LogP contribution in [0.2, 0.25) is 0 Å². The SMILES string of the molecule is CN1C(=O)C2CC=C3C(c4ccccc4O)C4=C(CC3C2C1=O)C(=O)C(Br)=CC4=O. The molecule has 5 rings (SSSR count). The molecule has 7 heteroatoms. The number of rotatable bonds is 1. The van der Waals surface area contributed by atoms with Gasteiger partial charge >= 0.3 is 0 Å². The summed E-state index contributed by atoms with van der Waals surface area (Å²) >= 11 is 3.19. The molecule has 4 atom stereocenters. The van der Waals surface area contributed by atoms with Gasteiger partial charge in [0.1, 0.15) is 5.75 Å². The minimum atomic E-state index is -0.622. The second kappa shape index (κ2) is 6.60. The van der Waals surface area contributed by atoms with Crippen LogP contribution in [0.1, 0.15) is 24.3 Å². The lowest BCUT2D eigenvalue weighted by Gasteiger charge is -2.42. The Morgan fingerprint density at radius 3 is 2.53 bits per heavy atom. The number of hydrogen-bond acceptors (Lipinski definition) is 5. The molecular weight excluding hydrogens is 450 g/mol. The number of carbonyl (C=O) groups is 4. The average Bonchev–Trinajstić information content (AvgIpc) is 2.95. The average molecular weight is 468 g/mol. The van der Waals surface area contributed by atoms with E-state index in [2.05, 4.69) is 15.9 Å². The van der Waals surface area contributed by atoms with Crippen molar-refractivity contribution >= 4 is 39.3 Å². The maximum absolute atomic E-state index is 13.0. The minimum Gasteiger partial charge on any atom is -0.508 e. The van der Waals surface area contributed by atoms with Gasteiger partial charge in [-0.25, -0.2) is 0 Å².